The van der Waals surface area contributed by atoms with Crippen molar-refractivity contribution in [3.63, 3.8) is 0 Å². The molecule has 1 saturated carbocycles. The predicted molar refractivity (Wildman–Crippen MR) is 94.5 cm³/mol. The second kappa shape index (κ2) is 7.95. The van der Waals surface area contributed by atoms with Crippen LogP contribution in [0.15, 0.2) is 42.5 Å². The third kappa shape index (κ3) is 5.02. The Hall–Kier alpha value is -2.96. The molecule has 1 fully saturated rings. The summed E-state index contributed by atoms with van der Waals surface area (Å²) in [5.41, 5.74) is 1.45. The number of halogens is 2. The number of rotatable bonds is 7. The smallest absolute Gasteiger partial charge is 0.239 e. The van der Waals surface area contributed by atoms with Gasteiger partial charge in [0.1, 0.15) is 11.6 Å². The lowest BCUT2D eigenvalue weighted by atomic mass is 10.2. The van der Waals surface area contributed by atoms with Crippen molar-refractivity contribution in [3.05, 3.63) is 59.7 Å². The Bertz CT molecular complexity index is 822. The predicted octanol–water partition coefficient (Wildman–Crippen LogP) is 3.04. The summed E-state index contributed by atoms with van der Waals surface area (Å²) in [6, 6.07) is 10.2. The van der Waals surface area contributed by atoms with Crippen LogP contribution in [-0.2, 0) is 16.1 Å². The van der Waals surface area contributed by atoms with Crippen molar-refractivity contribution in [3.8, 4) is 0 Å². The van der Waals surface area contributed by atoms with E-state index in [2.05, 4.69) is 16.0 Å². The molecule has 3 rings (SSSR count). The van der Waals surface area contributed by atoms with Crippen LogP contribution in [0.2, 0.25) is 0 Å². The fourth-order valence-electron chi connectivity index (χ4n) is 2.42. The van der Waals surface area contributed by atoms with Crippen LogP contribution >= 0.6 is 0 Å². The number of amides is 2. The van der Waals surface area contributed by atoms with Gasteiger partial charge in [0.2, 0.25) is 11.8 Å². The van der Waals surface area contributed by atoms with Crippen LogP contribution in [0, 0.1) is 17.6 Å². The van der Waals surface area contributed by atoms with Crippen LogP contribution in [0.4, 0.5) is 20.2 Å². The molecule has 0 radical (unpaired) electrons. The molecule has 2 aromatic rings. The van der Waals surface area contributed by atoms with Crippen molar-refractivity contribution >= 4 is 23.2 Å². The molecule has 1 aliphatic rings. The molecule has 0 atom stereocenters. The van der Waals surface area contributed by atoms with Crippen LogP contribution in [0.1, 0.15) is 18.4 Å². The van der Waals surface area contributed by atoms with Crippen molar-refractivity contribution in [1.82, 2.24) is 5.32 Å². The molecule has 0 unspecified atom stereocenters. The van der Waals surface area contributed by atoms with Gasteiger partial charge in [-0.3, -0.25) is 9.59 Å². The number of benzene rings is 2. The second-order valence-corrected chi connectivity index (χ2v) is 6.22. The largest absolute Gasteiger partial charge is 0.374 e. The van der Waals surface area contributed by atoms with E-state index in [0.29, 0.717) is 5.69 Å². The lowest BCUT2D eigenvalue weighted by Crippen LogP contribution is -2.29. The Morgan fingerprint density at radius 1 is 1.08 bits per heavy atom. The van der Waals surface area contributed by atoms with E-state index in [4.69, 9.17) is 0 Å². The van der Waals surface area contributed by atoms with Gasteiger partial charge in [0.15, 0.2) is 0 Å². The normalized spacial score (nSPS) is 13.2. The maximum absolute atomic E-state index is 13.5. The highest BCUT2D eigenvalue weighted by Crippen LogP contribution is 2.30. The molecule has 0 aromatic heterocycles. The highest BCUT2D eigenvalue weighted by Gasteiger charge is 2.29. The Labute approximate surface area is 149 Å². The maximum Gasteiger partial charge on any atom is 0.239 e. The maximum atomic E-state index is 13.5. The van der Waals surface area contributed by atoms with Crippen molar-refractivity contribution < 1.29 is 18.4 Å². The van der Waals surface area contributed by atoms with Crippen molar-refractivity contribution in [1.29, 1.82) is 0 Å². The number of hydrogen-bond donors (Lipinski definition) is 3. The van der Waals surface area contributed by atoms with Crippen molar-refractivity contribution in [2.75, 3.05) is 17.2 Å². The van der Waals surface area contributed by atoms with E-state index in [-0.39, 0.29) is 36.5 Å². The lowest BCUT2D eigenvalue weighted by molar-refractivity contribution is -0.119. The van der Waals surface area contributed by atoms with Gasteiger partial charge >= 0.3 is 0 Å². The van der Waals surface area contributed by atoms with Gasteiger partial charge in [0.05, 0.1) is 12.2 Å². The van der Waals surface area contributed by atoms with E-state index >= 15 is 0 Å². The van der Waals surface area contributed by atoms with Crippen molar-refractivity contribution in [2.45, 2.75) is 19.4 Å². The zero-order valence-corrected chi connectivity index (χ0v) is 14.0. The quantitative estimate of drug-likeness (QED) is 0.712. The van der Waals surface area contributed by atoms with Crippen LogP contribution in [0.25, 0.3) is 0 Å². The van der Waals surface area contributed by atoms with Gasteiger partial charge in [-0.1, -0.05) is 12.1 Å². The molecule has 7 heteroatoms. The first-order valence-electron chi connectivity index (χ1n) is 8.36. The summed E-state index contributed by atoms with van der Waals surface area (Å²) in [6.45, 7) is 0.0811. The summed E-state index contributed by atoms with van der Waals surface area (Å²) in [4.78, 5) is 23.7. The molecule has 3 N–H and O–H groups in total. The number of carbonyl (C=O) groups excluding carboxylic acids is 2. The Morgan fingerprint density at radius 3 is 2.65 bits per heavy atom. The minimum absolute atomic E-state index is 0.0208. The number of hydrogen-bond acceptors (Lipinski definition) is 3. The molecule has 0 heterocycles. The van der Waals surface area contributed by atoms with Gasteiger partial charge in [0.25, 0.3) is 0 Å². The third-order valence-corrected chi connectivity index (χ3v) is 4.00. The first-order valence-corrected chi connectivity index (χ1v) is 8.36. The molecule has 26 heavy (non-hydrogen) atoms. The standard InChI is InChI=1S/C19H19F2N3O2/c20-14-6-7-16(21)17(9-14)22-11-18(25)23-10-12-2-1-3-15(8-12)24-19(26)13-4-5-13/h1-3,6-9,13,22H,4-5,10-11H2,(H,23,25)(H,24,26). The van der Waals surface area contributed by atoms with E-state index in [1.54, 1.807) is 18.2 Å². The minimum Gasteiger partial charge on any atom is -0.374 e. The van der Waals surface area contributed by atoms with Gasteiger partial charge in [-0.05, 0) is 48.7 Å². The van der Waals surface area contributed by atoms with Crippen LogP contribution in [0.5, 0.6) is 0 Å². The first kappa shape index (κ1) is 17.8. The average molecular weight is 359 g/mol. The average Bonchev–Trinajstić information content (AvgIpc) is 3.46. The number of nitrogens with one attached hydrogen (secondary N) is 3. The Balaban J connectivity index is 1.48. The zero-order chi connectivity index (χ0) is 18.5. The molecule has 1 aliphatic carbocycles. The summed E-state index contributed by atoms with van der Waals surface area (Å²) < 4.78 is 26.6. The fraction of sp³-hybridized carbons (Fsp3) is 0.263. The summed E-state index contributed by atoms with van der Waals surface area (Å²) in [6.07, 6.45) is 1.86. The lowest BCUT2D eigenvalue weighted by Gasteiger charge is -2.10. The molecule has 5 nitrogen and oxygen atoms in total. The molecule has 2 amide bonds. The zero-order valence-electron chi connectivity index (χ0n) is 14.0. The molecule has 0 saturated heterocycles. The summed E-state index contributed by atoms with van der Waals surface area (Å²) in [7, 11) is 0. The molecular formula is C19H19F2N3O2. The van der Waals surface area contributed by atoms with Gasteiger partial charge in [-0.2, -0.15) is 0 Å². The van der Waals surface area contributed by atoms with E-state index < -0.39 is 11.6 Å². The fourth-order valence-corrected chi connectivity index (χ4v) is 2.42. The highest BCUT2D eigenvalue weighted by molar-refractivity contribution is 5.94. The highest BCUT2D eigenvalue weighted by atomic mass is 19.1. The molecule has 136 valence electrons. The van der Waals surface area contributed by atoms with Crippen molar-refractivity contribution in [2.24, 2.45) is 5.92 Å². The molecule has 2 aromatic carbocycles. The SMILES string of the molecule is O=C(CNc1cc(F)ccc1F)NCc1cccc(NC(=O)C2CC2)c1. The molecular weight excluding hydrogens is 340 g/mol. The Kier molecular flexibility index (Phi) is 5.46. The third-order valence-electron chi connectivity index (χ3n) is 4.00. The first-order chi connectivity index (χ1) is 12.5. The van der Waals surface area contributed by atoms with Crippen LogP contribution in [0.3, 0.4) is 0 Å². The number of anilines is 2. The summed E-state index contributed by atoms with van der Waals surface area (Å²) in [5, 5.41) is 8.10. The monoisotopic (exact) mass is 359 g/mol. The minimum atomic E-state index is -0.627. The second-order valence-electron chi connectivity index (χ2n) is 6.22. The van der Waals surface area contributed by atoms with E-state index in [1.165, 1.54) is 0 Å². The van der Waals surface area contributed by atoms with Crippen LogP contribution in [-0.4, -0.2) is 18.4 Å². The summed E-state index contributed by atoms with van der Waals surface area (Å²) >= 11 is 0. The summed E-state index contributed by atoms with van der Waals surface area (Å²) in [5.74, 6) is -1.43. The molecule has 0 aliphatic heterocycles. The van der Waals surface area contributed by atoms with Gasteiger partial charge in [-0.15, -0.1) is 0 Å². The molecule has 0 bridgehead atoms. The topological polar surface area (TPSA) is 70.2 Å². The van der Waals surface area contributed by atoms with Gasteiger partial charge in [0, 0.05) is 18.2 Å². The van der Waals surface area contributed by atoms with Crippen LogP contribution < -0.4 is 16.0 Å². The molecule has 0 spiro atoms. The van der Waals surface area contributed by atoms with Gasteiger partial charge in [-0.25, -0.2) is 8.78 Å². The van der Waals surface area contributed by atoms with E-state index in [0.717, 1.165) is 36.6 Å². The Morgan fingerprint density at radius 2 is 1.88 bits per heavy atom. The number of carbonyl (C=O) groups is 2. The van der Waals surface area contributed by atoms with E-state index in [9.17, 15) is 18.4 Å². The van der Waals surface area contributed by atoms with E-state index in [1.807, 2.05) is 6.07 Å². The van der Waals surface area contributed by atoms with Gasteiger partial charge < -0.3 is 16.0 Å².